The quantitative estimate of drug-likeness (QED) is 0.675. The number of hydrogen-bond acceptors (Lipinski definition) is 7. The molecule has 26 heavy (non-hydrogen) atoms. The highest BCUT2D eigenvalue weighted by Crippen LogP contribution is 2.34. The van der Waals surface area contributed by atoms with Crippen LogP contribution >= 0.6 is 23.1 Å². The van der Waals surface area contributed by atoms with Crippen LogP contribution in [-0.4, -0.2) is 34.8 Å². The summed E-state index contributed by atoms with van der Waals surface area (Å²) in [6, 6.07) is 9.47. The van der Waals surface area contributed by atoms with Gasteiger partial charge in [0.05, 0.1) is 11.4 Å². The normalized spacial score (nSPS) is 12.6. The maximum atomic E-state index is 12.2. The zero-order valence-corrected chi connectivity index (χ0v) is 15.3. The summed E-state index contributed by atoms with van der Waals surface area (Å²) in [6.07, 6.45) is 3.44. The number of benzene rings is 1. The Balaban J connectivity index is 1.34. The van der Waals surface area contributed by atoms with Crippen LogP contribution in [0.2, 0.25) is 0 Å². The van der Waals surface area contributed by atoms with Crippen LogP contribution in [0.25, 0.3) is 11.3 Å². The highest BCUT2D eigenvalue weighted by atomic mass is 32.2. The minimum atomic E-state index is -0.0967. The lowest BCUT2D eigenvalue weighted by Gasteiger charge is -2.18. The Morgan fingerprint density at radius 3 is 2.81 bits per heavy atom. The lowest BCUT2D eigenvalue weighted by Crippen LogP contribution is -2.15. The maximum Gasteiger partial charge on any atom is 0.236 e. The molecule has 1 N–H and O–H groups in total. The first-order chi connectivity index (χ1) is 12.8. The lowest BCUT2D eigenvalue weighted by atomic mass is 10.2. The van der Waals surface area contributed by atoms with Gasteiger partial charge in [-0.05, 0) is 30.3 Å². The standard InChI is InChI=1S/C18H15N3O3S2/c22-17(11-25-13-1-2-15-16(9-13)24-8-7-23-15)21-18-20-14(10-26-18)12-3-5-19-6-4-12/h1-6,9-10H,7-8,11H2,(H,20,21,22). The van der Waals surface area contributed by atoms with Gasteiger partial charge in [0.1, 0.15) is 13.2 Å². The number of pyridine rings is 1. The van der Waals surface area contributed by atoms with Crippen LogP contribution in [0, 0.1) is 0 Å². The second kappa shape index (κ2) is 7.76. The number of fused-ring (bicyclic) bond motifs is 1. The molecule has 8 heteroatoms. The minimum Gasteiger partial charge on any atom is -0.486 e. The van der Waals surface area contributed by atoms with Gasteiger partial charge in [-0.3, -0.25) is 9.78 Å². The molecule has 0 aliphatic carbocycles. The van der Waals surface area contributed by atoms with Crippen molar-refractivity contribution in [3.63, 3.8) is 0 Å². The largest absolute Gasteiger partial charge is 0.486 e. The Morgan fingerprint density at radius 2 is 1.96 bits per heavy atom. The van der Waals surface area contributed by atoms with E-state index in [1.54, 1.807) is 12.4 Å². The van der Waals surface area contributed by atoms with E-state index in [0.717, 1.165) is 27.7 Å². The summed E-state index contributed by atoms with van der Waals surface area (Å²) < 4.78 is 11.1. The Labute approximate surface area is 158 Å². The summed E-state index contributed by atoms with van der Waals surface area (Å²) in [5.41, 5.74) is 1.80. The molecule has 3 heterocycles. The molecule has 2 aromatic heterocycles. The molecule has 0 fully saturated rings. The summed E-state index contributed by atoms with van der Waals surface area (Å²) >= 11 is 2.85. The smallest absolute Gasteiger partial charge is 0.236 e. The molecule has 1 aliphatic rings. The average Bonchev–Trinajstić information content (AvgIpc) is 3.15. The minimum absolute atomic E-state index is 0.0967. The van der Waals surface area contributed by atoms with Crippen molar-refractivity contribution in [3.8, 4) is 22.8 Å². The number of thiazole rings is 1. The summed E-state index contributed by atoms with van der Waals surface area (Å²) in [6.45, 7) is 1.11. The van der Waals surface area contributed by atoms with Crippen molar-refractivity contribution in [2.75, 3.05) is 24.3 Å². The second-order valence-corrected chi connectivity index (χ2v) is 7.32. The zero-order chi connectivity index (χ0) is 17.8. The van der Waals surface area contributed by atoms with Crippen molar-refractivity contribution >= 4 is 34.1 Å². The van der Waals surface area contributed by atoms with Crippen molar-refractivity contribution < 1.29 is 14.3 Å². The molecule has 0 saturated carbocycles. The molecule has 1 aliphatic heterocycles. The molecule has 0 radical (unpaired) electrons. The number of nitrogens with one attached hydrogen (secondary N) is 1. The third-order valence-corrected chi connectivity index (χ3v) is 5.36. The predicted molar refractivity (Wildman–Crippen MR) is 102 cm³/mol. The fraction of sp³-hybridized carbons (Fsp3) is 0.167. The fourth-order valence-electron chi connectivity index (χ4n) is 2.40. The third-order valence-electron chi connectivity index (χ3n) is 3.61. The van der Waals surface area contributed by atoms with E-state index >= 15 is 0 Å². The van der Waals surface area contributed by atoms with E-state index in [1.165, 1.54) is 23.1 Å². The predicted octanol–water partition coefficient (Wildman–Crippen LogP) is 3.71. The molecular formula is C18H15N3O3S2. The van der Waals surface area contributed by atoms with E-state index in [1.807, 2.05) is 35.7 Å². The molecule has 0 atom stereocenters. The Bertz CT molecular complexity index is 915. The summed E-state index contributed by atoms with van der Waals surface area (Å²) in [5, 5.41) is 5.34. The van der Waals surface area contributed by atoms with Gasteiger partial charge in [-0.15, -0.1) is 23.1 Å². The fourth-order valence-corrected chi connectivity index (χ4v) is 3.86. The maximum absolute atomic E-state index is 12.2. The number of aromatic nitrogens is 2. The first-order valence-electron chi connectivity index (χ1n) is 7.96. The van der Waals surface area contributed by atoms with Crippen LogP contribution < -0.4 is 14.8 Å². The molecule has 0 spiro atoms. The van der Waals surface area contributed by atoms with Gasteiger partial charge in [0, 0.05) is 28.2 Å². The van der Waals surface area contributed by atoms with Crippen molar-refractivity contribution in [2.24, 2.45) is 0 Å². The molecule has 1 amide bonds. The summed E-state index contributed by atoms with van der Waals surface area (Å²) in [4.78, 5) is 21.6. The van der Waals surface area contributed by atoms with Gasteiger partial charge >= 0.3 is 0 Å². The molecule has 4 rings (SSSR count). The van der Waals surface area contributed by atoms with Crippen LogP contribution in [0.1, 0.15) is 0 Å². The van der Waals surface area contributed by atoms with Crippen LogP contribution in [-0.2, 0) is 4.79 Å². The van der Waals surface area contributed by atoms with Gasteiger partial charge in [-0.25, -0.2) is 4.98 Å². The average molecular weight is 385 g/mol. The molecule has 0 saturated heterocycles. The van der Waals surface area contributed by atoms with E-state index in [2.05, 4.69) is 15.3 Å². The number of anilines is 1. The van der Waals surface area contributed by atoms with Crippen LogP contribution in [0.4, 0.5) is 5.13 Å². The van der Waals surface area contributed by atoms with Crippen molar-refractivity contribution in [1.29, 1.82) is 0 Å². The van der Waals surface area contributed by atoms with Gasteiger partial charge in [0.2, 0.25) is 5.91 Å². The van der Waals surface area contributed by atoms with Crippen LogP contribution in [0.15, 0.2) is 53.0 Å². The monoisotopic (exact) mass is 385 g/mol. The first kappa shape index (κ1) is 16.9. The summed E-state index contributed by atoms with van der Waals surface area (Å²) in [7, 11) is 0. The van der Waals surface area contributed by atoms with Gasteiger partial charge in [-0.2, -0.15) is 0 Å². The number of hydrogen-bond donors (Lipinski definition) is 1. The van der Waals surface area contributed by atoms with Gasteiger partial charge in [0.25, 0.3) is 0 Å². The van der Waals surface area contributed by atoms with Crippen molar-refractivity contribution in [1.82, 2.24) is 9.97 Å². The molecule has 0 bridgehead atoms. The van der Waals surface area contributed by atoms with E-state index < -0.39 is 0 Å². The number of ether oxygens (including phenoxy) is 2. The number of nitrogens with zero attached hydrogens (tertiary/aromatic N) is 2. The molecule has 3 aromatic rings. The van der Waals surface area contributed by atoms with E-state index in [9.17, 15) is 4.79 Å². The highest BCUT2D eigenvalue weighted by molar-refractivity contribution is 8.00. The second-order valence-electron chi connectivity index (χ2n) is 5.42. The molecular weight excluding hydrogens is 370 g/mol. The number of thioether (sulfide) groups is 1. The topological polar surface area (TPSA) is 73.3 Å². The van der Waals surface area contributed by atoms with E-state index in [0.29, 0.717) is 24.1 Å². The zero-order valence-electron chi connectivity index (χ0n) is 13.7. The molecule has 0 unspecified atom stereocenters. The van der Waals surface area contributed by atoms with E-state index in [-0.39, 0.29) is 5.91 Å². The van der Waals surface area contributed by atoms with E-state index in [4.69, 9.17) is 9.47 Å². The molecule has 132 valence electrons. The highest BCUT2D eigenvalue weighted by Gasteiger charge is 2.13. The molecule has 1 aromatic carbocycles. The molecule has 6 nitrogen and oxygen atoms in total. The Kier molecular flexibility index (Phi) is 5.03. The van der Waals surface area contributed by atoms with Crippen molar-refractivity contribution in [2.45, 2.75) is 4.90 Å². The number of amides is 1. The number of rotatable bonds is 5. The SMILES string of the molecule is O=C(CSc1ccc2c(c1)OCCO2)Nc1nc(-c2ccncc2)cs1. The van der Waals surface area contributed by atoms with Crippen molar-refractivity contribution in [3.05, 3.63) is 48.1 Å². The third kappa shape index (κ3) is 3.97. The van der Waals surface area contributed by atoms with Crippen LogP contribution in [0.5, 0.6) is 11.5 Å². The number of carbonyl (C=O) groups is 1. The summed E-state index contributed by atoms with van der Waals surface area (Å²) in [5.74, 6) is 1.67. The first-order valence-corrected chi connectivity index (χ1v) is 9.83. The van der Waals surface area contributed by atoms with Gasteiger partial charge in [0.15, 0.2) is 16.6 Å². The van der Waals surface area contributed by atoms with Crippen LogP contribution in [0.3, 0.4) is 0 Å². The Hall–Kier alpha value is -2.58. The van der Waals surface area contributed by atoms with Gasteiger partial charge in [-0.1, -0.05) is 0 Å². The Morgan fingerprint density at radius 1 is 1.15 bits per heavy atom. The van der Waals surface area contributed by atoms with Gasteiger partial charge < -0.3 is 14.8 Å². The number of carbonyl (C=O) groups excluding carboxylic acids is 1. The lowest BCUT2D eigenvalue weighted by molar-refractivity contribution is -0.113.